The Morgan fingerprint density at radius 1 is 1.33 bits per heavy atom. The Morgan fingerprint density at radius 3 is 2.40 bits per heavy atom. The normalized spacial score (nSPS) is 16.4. The maximum Gasteiger partial charge on any atom is 0.0637 e. The highest BCUT2D eigenvalue weighted by atomic mass is 16.5. The molecule has 0 rings (SSSR count). The van der Waals surface area contributed by atoms with Crippen molar-refractivity contribution in [2.24, 2.45) is 0 Å². The minimum Gasteiger partial charge on any atom is -0.393 e. The van der Waals surface area contributed by atoms with Gasteiger partial charge in [-0.15, -0.1) is 0 Å². The first kappa shape index (κ1) is 14.9. The Bertz CT molecular complexity index is 158. The van der Waals surface area contributed by atoms with Gasteiger partial charge in [-0.2, -0.15) is 0 Å². The second-order valence-electron chi connectivity index (χ2n) is 5.01. The van der Waals surface area contributed by atoms with E-state index in [2.05, 4.69) is 26.1 Å². The van der Waals surface area contributed by atoms with E-state index in [9.17, 15) is 0 Å². The van der Waals surface area contributed by atoms with E-state index in [0.29, 0.717) is 6.04 Å². The van der Waals surface area contributed by atoms with Crippen LogP contribution < -0.4 is 5.32 Å². The quantitative estimate of drug-likeness (QED) is 0.611. The van der Waals surface area contributed by atoms with Gasteiger partial charge >= 0.3 is 0 Å². The molecule has 0 spiro atoms. The molecule has 0 bridgehead atoms. The molecule has 0 saturated carbocycles. The van der Waals surface area contributed by atoms with Crippen molar-refractivity contribution >= 4 is 0 Å². The minimum atomic E-state index is -0.183. The Hall–Kier alpha value is -0.120. The fraction of sp³-hybridized carbons (Fsp3) is 1.00. The van der Waals surface area contributed by atoms with Crippen molar-refractivity contribution in [3.63, 3.8) is 0 Å². The van der Waals surface area contributed by atoms with Gasteiger partial charge in [-0.1, -0.05) is 0 Å². The van der Waals surface area contributed by atoms with Crippen LogP contribution in [0.1, 0.15) is 47.0 Å². The number of hydrogen-bond donors (Lipinski definition) is 2. The Kier molecular flexibility index (Phi) is 7.14. The molecule has 0 aromatic heterocycles. The van der Waals surface area contributed by atoms with Gasteiger partial charge < -0.3 is 15.2 Å². The lowest BCUT2D eigenvalue weighted by atomic mass is 10.00. The summed E-state index contributed by atoms with van der Waals surface area (Å²) in [7, 11) is 1.75. The van der Waals surface area contributed by atoms with Crippen molar-refractivity contribution in [3.8, 4) is 0 Å². The number of ether oxygens (including phenoxy) is 1. The van der Waals surface area contributed by atoms with E-state index in [0.717, 1.165) is 25.8 Å². The van der Waals surface area contributed by atoms with Crippen LogP contribution in [0.2, 0.25) is 0 Å². The van der Waals surface area contributed by atoms with Gasteiger partial charge in [0, 0.05) is 13.2 Å². The van der Waals surface area contributed by atoms with E-state index >= 15 is 0 Å². The molecule has 0 saturated heterocycles. The summed E-state index contributed by atoms with van der Waals surface area (Å²) in [5, 5.41) is 12.5. The summed E-state index contributed by atoms with van der Waals surface area (Å²) in [6.45, 7) is 9.16. The maximum atomic E-state index is 9.09. The second kappa shape index (κ2) is 7.20. The van der Waals surface area contributed by atoms with E-state index in [1.165, 1.54) is 0 Å². The zero-order valence-electron chi connectivity index (χ0n) is 10.8. The largest absolute Gasteiger partial charge is 0.393 e. The monoisotopic (exact) mass is 217 g/mol. The molecule has 0 radical (unpaired) electrons. The van der Waals surface area contributed by atoms with Gasteiger partial charge in [-0.05, 0) is 53.5 Å². The van der Waals surface area contributed by atoms with Gasteiger partial charge in [-0.3, -0.25) is 0 Å². The summed E-state index contributed by atoms with van der Waals surface area (Å²) >= 11 is 0. The molecular weight excluding hydrogens is 190 g/mol. The third kappa shape index (κ3) is 8.85. The summed E-state index contributed by atoms with van der Waals surface area (Å²) < 4.78 is 5.37. The molecule has 0 aliphatic rings. The highest BCUT2D eigenvalue weighted by molar-refractivity contribution is 4.75. The van der Waals surface area contributed by atoms with Crippen LogP contribution in [0.4, 0.5) is 0 Å². The fourth-order valence-electron chi connectivity index (χ4n) is 1.64. The summed E-state index contributed by atoms with van der Waals surface area (Å²) in [4.78, 5) is 0. The Labute approximate surface area is 94.2 Å². The molecule has 3 nitrogen and oxygen atoms in total. The van der Waals surface area contributed by atoms with Crippen LogP contribution >= 0.6 is 0 Å². The topological polar surface area (TPSA) is 41.5 Å². The summed E-state index contributed by atoms with van der Waals surface area (Å²) in [5.74, 6) is 0. The average molecular weight is 217 g/mol. The van der Waals surface area contributed by atoms with E-state index < -0.39 is 0 Å². The number of aliphatic hydroxyl groups is 1. The molecule has 2 N–H and O–H groups in total. The molecule has 92 valence electrons. The SMILES string of the molecule is COC(C)(C)CC(C)NCCCC(C)O. The van der Waals surface area contributed by atoms with Gasteiger partial charge in [0.15, 0.2) is 0 Å². The molecule has 2 unspecified atom stereocenters. The predicted molar refractivity (Wildman–Crippen MR) is 64.1 cm³/mol. The number of aliphatic hydroxyl groups excluding tert-OH is 1. The van der Waals surface area contributed by atoms with E-state index in [1.54, 1.807) is 7.11 Å². The lowest BCUT2D eigenvalue weighted by molar-refractivity contribution is 0.00852. The molecular formula is C12H27NO2. The Balaban J connectivity index is 3.53. The van der Waals surface area contributed by atoms with Crippen molar-refractivity contribution in [1.29, 1.82) is 0 Å². The standard InChI is InChI=1S/C12H27NO2/c1-10(9-12(3,4)15-5)13-8-6-7-11(2)14/h10-11,13-14H,6-9H2,1-5H3. The second-order valence-corrected chi connectivity index (χ2v) is 5.01. The van der Waals surface area contributed by atoms with E-state index in [4.69, 9.17) is 9.84 Å². The summed E-state index contributed by atoms with van der Waals surface area (Å²) in [6, 6.07) is 0.453. The van der Waals surface area contributed by atoms with E-state index in [1.807, 2.05) is 6.92 Å². The molecule has 3 heteroatoms. The zero-order valence-corrected chi connectivity index (χ0v) is 10.8. The number of methoxy groups -OCH3 is 1. The number of hydrogen-bond acceptors (Lipinski definition) is 3. The van der Waals surface area contributed by atoms with Crippen LogP contribution in [0.25, 0.3) is 0 Å². The third-order valence-electron chi connectivity index (χ3n) is 2.64. The van der Waals surface area contributed by atoms with Crippen molar-refractivity contribution in [1.82, 2.24) is 5.32 Å². The molecule has 0 amide bonds. The summed E-state index contributed by atoms with van der Waals surface area (Å²) in [6.07, 6.45) is 2.71. The Morgan fingerprint density at radius 2 is 1.93 bits per heavy atom. The van der Waals surface area contributed by atoms with Gasteiger partial charge in [0.1, 0.15) is 0 Å². The van der Waals surface area contributed by atoms with Gasteiger partial charge in [0.2, 0.25) is 0 Å². The van der Waals surface area contributed by atoms with Crippen LogP contribution in [-0.2, 0) is 4.74 Å². The molecule has 0 aromatic rings. The fourth-order valence-corrected chi connectivity index (χ4v) is 1.64. The molecule has 15 heavy (non-hydrogen) atoms. The first-order valence-corrected chi connectivity index (χ1v) is 5.84. The molecule has 0 heterocycles. The lowest BCUT2D eigenvalue weighted by Gasteiger charge is -2.27. The van der Waals surface area contributed by atoms with Crippen molar-refractivity contribution < 1.29 is 9.84 Å². The number of nitrogens with one attached hydrogen (secondary N) is 1. The summed E-state index contributed by atoms with van der Waals surface area (Å²) in [5.41, 5.74) is -0.0588. The van der Waals surface area contributed by atoms with Crippen LogP contribution in [0, 0.1) is 0 Å². The van der Waals surface area contributed by atoms with Gasteiger partial charge in [0.05, 0.1) is 11.7 Å². The maximum absolute atomic E-state index is 9.09. The first-order chi connectivity index (χ1) is 6.87. The van der Waals surface area contributed by atoms with Gasteiger partial charge in [0.25, 0.3) is 0 Å². The predicted octanol–water partition coefficient (Wildman–Crippen LogP) is 1.94. The van der Waals surface area contributed by atoms with Crippen molar-refractivity contribution in [3.05, 3.63) is 0 Å². The van der Waals surface area contributed by atoms with Crippen LogP contribution in [0.5, 0.6) is 0 Å². The van der Waals surface area contributed by atoms with Crippen molar-refractivity contribution in [2.75, 3.05) is 13.7 Å². The first-order valence-electron chi connectivity index (χ1n) is 5.84. The van der Waals surface area contributed by atoms with Crippen LogP contribution in [0.3, 0.4) is 0 Å². The molecule has 0 aliphatic heterocycles. The zero-order chi connectivity index (χ0) is 11.9. The molecule has 2 atom stereocenters. The average Bonchev–Trinajstić information content (AvgIpc) is 2.11. The van der Waals surface area contributed by atoms with Crippen molar-refractivity contribution in [2.45, 2.75) is 64.7 Å². The molecule has 0 aliphatic carbocycles. The smallest absolute Gasteiger partial charge is 0.0637 e. The highest BCUT2D eigenvalue weighted by Gasteiger charge is 2.19. The molecule has 0 aromatic carbocycles. The van der Waals surface area contributed by atoms with Gasteiger partial charge in [-0.25, -0.2) is 0 Å². The van der Waals surface area contributed by atoms with Crippen LogP contribution in [0.15, 0.2) is 0 Å². The van der Waals surface area contributed by atoms with Crippen LogP contribution in [-0.4, -0.2) is 36.5 Å². The lowest BCUT2D eigenvalue weighted by Crippen LogP contribution is -2.36. The highest BCUT2D eigenvalue weighted by Crippen LogP contribution is 2.15. The number of rotatable bonds is 8. The minimum absolute atomic E-state index is 0.0588. The van der Waals surface area contributed by atoms with E-state index in [-0.39, 0.29) is 11.7 Å². The third-order valence-corrected chi connectivity index (χ3v) is 2.64. The molecule has 0 fully saturated rings.